The number of rotatable bonds is 4. The van der Waals surface area contributed by atoms with E-state index in [1.807, 2.05) is 0 Å². The fourth-order valence-electron chi connectivity index (χ4n) is 1.38. The van der Waals surface area contributed by atoms with E-state index in [0.717, 1.165) is 4.31 Å². The van der Waals surface area contributed by atoms with Crippen LogP contribution >= 0.6 is 0 Å². The molecule has 9 heteroatoms. The van der Waals surface area contributed by atoms with Gasteiger partial charge < -0.3 is 11.1 Å². The molecule has 1 aromatic heterocycles. The van der Waals surface area contributed by atoms with E-state index in [4.69, 9.17) is 5.73 Å². The summed E-state index contributed by atoms with van der Waals surface area (Å²) in [5.41, 5.74) is 6.06. The maximum Gasteiger partial charge on any atom is 0.248 e. The maximum atomic E-state index is 11.9. The number of aromatic nitrogens is 3. The van der Waals surface area contributed by atoms with Gasteiger partial charge in [-0.15, -0.1) is 5.10 Å². The molecule has 0 atom stereocenters. The number of anilines is 3. The van der Waals surface area contributed by atoms with Crippen LogP contribution in [0.15, 0.2) is 29.2 Å². The highest BCUT2D eigenvalue weighted by Gasteiger charge is 2.16. The van der Waals surface area contributed by atoms with Crippen molar-refractivity contribution < 1.29 is 8.42 Å². The minimum Gasteiger partial charge on any atom is -0.368 e. The monoisotopic (exact) mass is 282 g/mol. The average molecular weight is 282 g/mol. The Kier molecular flexibility index (Phi) is 3.40. The number of hydrogen-bond acceptors (Lipinski definition) is 6. The minimum absolute atomic E-state index is 0.203. The van der Waals surface area contributed by atoms with Gasteiger partial charge in [0.2, 0.25) is 21.9 Å². The van der Waals surface area contributed by atoms with Crippen molar-refractivity contribution in [2.75, 3.05) is 25.1 Å². The molecule has 0 aliphatic carbocycles. The van der Waals surface area contributed by atoms with Crippen molar-refractivity contribution in [3.05, 3.63) is 24.3 Å². The van der Waals surface area contributed by atoms with Crippen LogP contribution in [0.3, 0.4) is 0 Å². The Bertz CT molecular complexity index is 662. The molecular weight excluding hydrogens is 268 g/mol. The smallest absolute Gasteiger partial charge is 0.248 e. The Morgan fingerprint density at radius 1 is 1.26 bits per heavy atom. The van der Waals surface area contributed by atoms with Gasteiger partial charge in [0.05, 0.1) is 4.90 Å². The molecule has 2 rings (SSSR count). The quantitative estimate of drug-likeness (QED) is 0.746. The van der Waals surface area contributed by atoms with Crippen LogP contribution in [-0.4, -0.2) is 42.0 Å². The van der Waals surface area contributed by atoms with Crippen LogP contribution in [0, 0.1) is 0 Å². The van der Waals surface area contributed by atoms with Gasteiger partial charge in [-0.2, -0.15) is 4.98 Å². The summed E-state index contributed by atoms with van der Waals surface area (Å²) in [6.07, 6.45) is 0. The van der Waals surface area contributed by atoms with Crippen molar-refractivity contribution in [2.45, 2.75) is 4.90 Å². The summed E-state index contributed by atoms with van der Waals surface area (Å²) < 4.78 is 24.9. The van der Waals surface area contributed by atoms with Crippen LogP contribution in [0.5, 0.6) is 0 Å². The number of H-pyrrole nitrogens is 1. The molecule has 102 valence electrons. The molecule has 4 N–H and O–H groups in total. The maximum absolute atomic E-state index is 11.9. The van der Waals surface area contributed by atoms with E-state index < -0.39 is 10.0 Å². The number of nitrogen functional groups attached to an aromatic ring is 1. The SMILES string of the molecule is CN(C)S(=O)(=O)c1ccc(Nc2n[nH]c(N)n2)cc1. The fraction of sp³-hybridized carbons (Fsp3) is 0.200. The van der Waals surface area contributed by atoms with E-state index in [2.05, 4.69) is 20.5 Å². The van der Waals surface area contributed by atoms with Crippen molar-refractivity contribution in [1.29, 1.82) is 0 Å². The summed E-state index contributed by atoms with van der Waals surface area (Å²) in [6.45, 7) is 0. The number of hydrogen-bond donors (Lipinski definition) is 3. The van der Waals surface area contributed by atoms with Gasteiger partial charge in [-0.05, 0) is 24.3 Å². The van der Waals surface area contributed by atoms with Gasteiger partial charge in [0.1, 0.15) is 0 Å². The van der Waals surface area contributed by atoms with Crippen molar-refractivity contribution >= 4 is 27.6 Å². The summed E-state index contributed by atoms with van der Waals surface area (Å²) >= 11 is 0. The third-order valence-corrected chi connectivity index (χ3v) is 4.22. The standard InChI is InChI=1S/C10H14N6O2S/c1-16(2)19(17,18)8-5-3-7(4-6-8)12-10-13-9(11)14-15-10/h3-6H,1-2H3,(H4,11,12,13,14,15). The molecule has 0 saturated carbocycles. The lowest BCUT2D eigenvalue weighted by Gasteiger charge is -2.11. The number of aromatic amines is 1. The Balaban J connectivity index is 2.19. The van der Waals surface area contributed by atoms with Gasteiger partial charge in [-0.3, -0.25) is 0 Å². The molecule has 8 nitrogen and oxygen atoms in total. The van der Waals surface area contributed by atoms with Crippen LogP contribution in [0.1, 0.15) is 0 Å². The van der Waals surface area contributed by atoms with E-state index >= 15 is 0 Å². The molecule has 0 unspecified atom stereocenters. The third kappa shape index (κ3) is 2.83. The Morgan fingerprint density at radius 3 is 2.37 bits per heavy atom. The second-order valence-corrected chi connectivity index (χ2v) is 6.13. The second-order valence-electron chi connectivity index (χ2n) is 3.98. The first-order valence-corrected chi connectivity index (χ1v) is 6.81. The molecule has 0 spiro atoms. The average Bonchev–Trinajstić information content (AvgIpc) is 2.75. The van der Waals surface area contributed by atoms with E-state index in [1.165, 1.54) is 26.2 Å². The molecule has 0 fully saturated rings. The molecular formula is C10H14N6O2S. The molecule has 0 amide bonds. The Labute approximate surface area is 110 Å². The highest BCUT2D eigenvalue weighted by Crippen LogP contribution is 2.18. The van der Waals surface area contributed by atoms with E-state index in [1.54, 1.807) is 12.1 Å². The summed E-state index contributed by atoms with van der Waals surface area (Å²) in [7, 11) is -0.446. The van der Waals surface area contributed by atoms with E-state index in [-0.39, 0.29) is 10.8 Å². The predicted molar refractivity (Wildman–Crippen MR) is 71.4 cm³/mol. The number of nitrogens with zero attached hydrogens (tertiary/aromatic N) is 3. The largest absolute Gasteiger partial charge is 0.368 e. The number of nitrogens with one attached hydrogen (secondary N) is 2. The highest BCUT2D eigenvalue weighted by atomic mass is 32.2. The lowest BCUT2D eigenvalue weighted by atomic mass is 10.3. The molecule has 0 saturated heterocycles. The van der Waals surface area contributed by atoms with E-state index in [0.29, 0.717) is 11.6 Å². The van der Waals surface area contributed by atoms with Crippen LogP contribution in [0.4, 0.5) is 17.6 Å². The normalized spacial score (nSPS) is 11.7. The zero-order chi connectivity index (χ0) is 14.0. The first-order valence-electron chi connectivity index (χ1n) is 5.37. The molecule has 0 bridgehead atoms. The molecule has 0 aliphatic rings. The number of benzene rings is 1. The second kappa shape index (κ2) is 4.86. The van der Waals surface area contributed by atoms with Gasteiger partial charge in [0.25, 0.3) is 0 Å². The zero-order valence-corrected chi connectivity index (χ0v) is 11.3. The Morgan fingerprint density at radius 2 is 1.89 bits per heavy atom. The summed E-state index contributed by atoms with van der Waals surface area (Å²) in [4.78, 5) is 4.10. The van der Waals surface area contributed by atoms with Crippen molar-refractivity contribution in [3.63, 3.8) is 0 Å². The van der Waals surface area contributed by atoms with Crippen molar-refractivity contribution in [3.8, 4) is 0 Å². The topological polar surface area (TPSA) is 117 Å². The highest BCUT2D eigenvalue weighted by molar-refractivity contribution is 7.89. The molecule has 19 heavy (non-hydrogen) atoms. The van der Waals surface area contributed by atoms with Gasteiger partial charge in [-0.25, -0.2) is 17.8 Å². The predicted octanol–water partition coefficient (Wildman–Crippen LogP) is 0.381. The Hall–Kier alpha value is -2.13. The molecule has 0 radical (unpaired) electrons. The van der Waals surface area contributed by atoms with Crippen LogP contribution in [0.25, 0.3) is 0 Å². The lowest BCUT2D eigenvalue weighted by molar-refractivity contribution is 0.521. The fourth-order valence-corrected chi connectivity index (χ4v) is 2.28. The number of nitrogens with two attached hydrogens (primary N) is 1. The van der Waals surface area contributed by atoms with Crippen molar-refractivity contribution in [1.82, 2.24) is 19.5 Å². The van der Waals surface area contributed by atoms with Gasteiger partial charge >= 0.3 is 0 Å². The first kappa shape index (κ1) is 13.3. The third-order valence-electron chi connectivity index (χ3n) is 2.39. The zero-order valence-electron chi connectivity index (χ0n) is 10.5. The first-order chi connectivity index (χ1) is 8.89. The van der Waals surface area contributed by atoms with Gasteiger partial charge in [0.15, 0.2) is 0 Å². The number of sulfonamides is 1. The minimum atomic E-state index is -3.41. The summed E-state index contributed by atoms with van der Waals surface area (Å²) in [5.74, 6) is 0.523. The molecule has 1 heterocycles. The van der Waals surface area contributed by atoms with Crippen LogP contribution in [-0.2, 0) is 10.0 Å². The molecule has 1 aromatic carbocycles. The van der Waals surface area contributed by atoms with Crippen LogP contribution < -0.4 is 11.1 Å². The van der Waals surface area contributed by atoms with Gasteiger partial charge in [0, 0.05) is 19.8 Å². The summed E-state index contributed by atoms with van der Waals surface area (Å²) in [5, 5.41) is 9.19. The molecule has 0 aliphatic heterocycles. The van der Waals surface area contributed by atoms with Crippen LogP contribution in [0.2, 0.25) is 0 Å². The molecule has 2 aromatic rings. The van der Waals surface area contributed by atoms with Gasteiger partial charge in [-0.1, -0.05) is 0 Å². The van der Waals surface area contributed by atoms with E-state index in [9.17, 15) is 8.42 Å². The van der Waals surface area contributed by atoms with Crippen molar-refractivity contribution in [2.24, 2.45) is 0 Å². The summed E-state index contributed by atoms with van der Waals surface area (Å²) in [6, 6.07) is 6.27. The lowest BCUT2D eigenvalue weighted by Crippen LogP contribution is -2.22.